The Hall–Kier alpha value is -1.11. The van der Waals surface area contributed by atoms with E-state index >= 15 is 0 Å². The van der Waals surface area contributed by atoms with Gasteiger partial charge in [0.15, 0.2) is 0 Å². The quantitative estimate of drug-likeness (QED) is 0.647. The first-order chi connectivity index (χ1) is 6.13. The first kappa shape index (κ1) is 9.97. The highest BCUT2D eigenvalue weighted by Crippen LogP contribution is 2.14. The first-order valence-corrected chi connectivity index (χ1v) is 4.65. The van der Waals surface area contributed by atoms with Crippen molar-refractivity contribution >= 4 is 6.29 Å². The molecule has 0 heterocycles. The number of carbonyl (C=O) groups is 1. The van der Waals surface area contributed by atoms with E-state index in [1.54, 1.807) is 0 Å². The number of rotatable bonds is 3. The van der Waals surface area contributed by atoms with Crippen LogP contribution in [0.1, 0.15) is 23.6 Å². The molecule has 0 spiro atoms. The van der Waals surface area contributed by atoms with Crippen molar-refractivity contribution in [2.45, 2.75) is 27.2 Å². The predicted molar refractivity (Wildman–Crippen MR) is 54.8 cm³/mol. The average molecular weight is 176 g/mol. The van der Waals surface area contributed by atoms with Crippen LogP contribution >= 0.6 is 0 Å². The molecule has 1 rings (SSSR count). The van der Waals surface area contributed by atoms with Crippen molar-refractivity contribution in [2.24, 2.45) is 5.92 Å². The van der Waals surface area contributed by atoms with E-state index in [2.05, 4.69) is 32.0 Å². The van der Waals surface area contributed by atoms with Crippen molar-refractivity contribution in [1.82, 2.24) is 0 Å². The molecular weight excluding hydrogens is 160 g/mol. The Bertz CT molecular complexity index is 302. The van der Waals surface area contributed by atoms with Crippen LogP contribution in [0.25, 0.3) is 0 Å². The zero-order chi connectivity index (χ0) is 9.84. The third-order valence-electron chi connectivity index (χ3n) is 2.28. The number of hydrogen-bond acceptors (Lipinski definition) is 1. The molecule has 0 aromatic heterocycles. The molecule has 0 bridgehead atoms. The van der Waals surface area contributed by atoms with E-state index in [0.29, 0.717) is 0 Å². The van der Waals surface area contributed by atoms with Gasteiger partial charge in [-0.3, -0.25) is 0 Å². The van der Waals surface area contributed by atoms with E-state index in [4.69, 9.17) is 0 Å². The summed E-state index contributed by atoms with van der Waals surface area (Å²) in [5, 5.41) is 0. The van der Waals surface area contributed by atoms with Gasteiger partial charge in [-0.2, -0.15) is 0 Å². The summed E-state index contributed by atoms with van der Waals surface area (Å²) in [7, 11) is 0. The van der Waals surface area contributed by atoms with Crippen LogP contribution in [-0.4, -0.2) is 6.29 Å². The second-order valence-electron chi connectivity index (χ2n) is 3.75. The van der Waals surface area contributed by atoms with Crippen molar-refractivity contribution in [3.05, 3.63) is 34.9 Å². The Morgan fingerprint density at radius 3 is 2.69 bits per heavy atom. The molecule has 0 radical (unpaired) electrons. The summed E-state index contributed by atoms with van der Waals surface area (Å²) < 4.78 is 0. The zero-order valence-corrected chi connectivity index (χ0v) is 8.50. The highest BCUT2D eigenvalue weighted by Gasteiger charge is 2.04. The Balaban J connectivity index is 2.86. The summed E-state index contributed by atoms with van der Waals surface area (Å²) in [4.78, 5) is 10.5. The van der Waals surface area contributed by atoms with Gasteiger partial charge in [0.25, 0.3) is 0 Å². The van der Waals surface area contributed by atoms with E-state index in [1.807, 2.05) is 6.92 Å². The summed E-state index contributed by atoms with van der Waals surface area (Å²) in [6, 6.07) is 6.38. The van der Waals surface area contributed by atoms with Crippen molar-refractivity contribution in [1.29, 1.82) is 0 Å². The van der Waals surface area contributed by atoms with Crippen LogP contribution in [0.5, 0.6) is 0 Å². The number of benzene rings is 1. The minimum Gasteiger partial charge on any atom is -0.303 e. The van der Waals surface area contributed by atoms with Gasteiger partial charge < -0.3 is 4.79 Å². The molecule has 13 heavy (non-hydrogen) atoms. The maximum absolute atomic E-state index is 10.5. The lowest BCUT2D eigenvalue weighted by Crippen LogP contribution is -2.02. The minimum atomic E-state index is 0.125. The van der Waals surface area contributed by atoms with Gasteiger partial charge in [-0.05, 0) is 31.4 Å². The first-order valence-electron chi connectivity index (χ1n) is 4.65. The largest absolute Gasteiger partial charge is 0.303 e. The summed E-state index contributed by atoms with van der Waals surface area (Å²) in [6.07, 6.45) is 1.87. The molecule has 1 nitrogen and oxygen atoms in total. The van der Waals surface area contributed by atoms with Crippen LogP contribution < -0.4 is 0 Å². The smallest absolute Gasteiger partial charge is 0.123 e. The highest BCUT2D eigenvalue weighted by molar-refractivity contribution is 5.54. The molecule has 0 aliphatic carbocycles. The van der Waals surface area contributed by atoms with E-state index in [0.717, 1.165) is 12.7 Å². The van der Waals surface area contributed by atoms with Gasteiger partial charge in [0.1, 0.15) is 6.29 Å². The summed E-state index contributed by atoms with van der Waals surface area (Å²) in [5.74, 6) is 0.125. The maximum atomic E-state index is 10.5. The topological polar surface area (TPSA) is 17.1 Å². The lowest BCUT2D eigenvalue weighted by Gasteiger charge is -2.08. The van der Waals surface area contributed by atoms with Gasteiger partial charge >= 0.3 is 0 Å². The van der Waals surface area contributed by atoms with Gasteiger partial charge in [0.2, 0.25) is 0 Å². The van der Waals surface area contributed by atoms with Gasteiger partial charge in [-0.25, -0.2) is 0 Å². The Morgan fingerprint density at radius 2 is 2.08 bits per heavy atom. The van der Waals surface area contributed by atoms with Crippen molar-refractivity contribution in [3.8, 4) is 0 Å². The van der Waals surface area contributed by atoms with E-state index in [1.165, 1.54) is 16.7 Å². The monoisotopic (exact) mass is 176 g/mol. The normalized spacial score (nSPS) is 12.5. The van der Waals surface area contributed by atoms with Crippen LogP contribution in [0.4, 0.5) is 0 Å². The second kappa shape index (κ2) is 4.22. The Morgan fingerprint density at radius 1 is 1.38 bits per heavy atom. The van der Waals surface area contributed by atoms with Crippen molar-refractivity contribution in [2.75, 3.05) is 0 Å². The molecule has 1 heteroatoms. The van der Waals surface area contributed by atoms with E-state index in [-0.39, 0.29) is 5.92 Å². The predicted octanol–water partition coefficient (Wildman–Crippen LogP) is 2.68. The lowest BCUT2D eigenvalue weighted by atomic mass is 9.97. The number of aryl methyl sites for hydroxylation is 2. The fourth-order valence-electron chi connectivity index (χ4n) is 1.42. The van der Waals surface area contributed by atoms with Gasteiger partial charge in [-0.1, -0.05) is 30.7 Å². The van der Waals surface area contributed by atoms with E-state index in [9.17, 15) is 4.79 Å². The molecule has 70 valence electrons. The molecule has 0 saturated carbocycles. The van der Waals surface area contributed by atoms with Gasteiger partial charge in [0.05, 0.1) is 0 Å². The molecule has 0 aliphatic heterocycles. The van der Waals surface area contributed by atoms with Crippen LogP contribution in [0.15, 0.2) is 18.2 Å². The van der Waals surface area contributed by atoms with Crippen LogP contribution in [0.2, 0.25) is 0 Å². The fourth-order valence-corrected chi connectivity index (χ4v) is 1.42. The SMILES string of the molecule is Cc1ccc(C)c(CC(C)C=O)c1. The molecule has 0 aliphatic rings. The molecule has 0 fully saturated rings. The maximum Gasteiger partial charge on any atom is 0.123 e. The van der Waals surface area contributed by atoms with Crippen LogP contribution in [-0.2, 0) is 11.2 Å². The minimum absolute atomic E-state index is 0.125. The Labute approximate surface area is 79.8 Å². The lowest BCUT2D eigenvalue weighted by molar-refractivity contribution is -0.110. The summed E-state index contributed by atoms with van der Waals surface area (Å²) in [5.41, 5.74) is 3.83. The average Bonchev–Trinajstić information content (AvgIpc) is 2.11. The molecule has 1 aromatic rings. The van der Waals surface area contributed by atoms with Gasteiger partial charge in [-0.15, -0.1) is 0 Å². The van der Waals surface area contributed by atoms with Gasteiger partial charge in [0, 0.05) is 5.92 Å². The van der Waals surface area contributed by atoms with Crippen LogP contribution in [0.3, 0.4) is 0 Å². The molecule has 0 N–H and O–H groups in total. The Kier molecular flexibility index (Phi) is 3.24. The number of aldehydes is 1. The molecule has 1 atom stereocenters. The standard InChI is InChI=1S/C12H16O/c1-9-4-5-11(3)12(6-9)7-10(2)8-13/h4-6,8,10H,7H2,1-3H3. The van der Waals surface area contributed by atoms with E-state index < -0.39 is 0 Å². The van der Waals surface area contributed by atoms with Crippen molar-refractivity contribution in [3.63, 3.8) is 0 Å². The number of carbonyl (C=O) groups excluding carboxylic acids is 1. The molecule has 1 unspecified atom stereocenters. The fraction of sp³-hybridized carbons (Fsp3) is 0.417. The third kappa shape index (κ3) is 2.69. The molecular formula is C12H16O. The van der Waals surface area contributed by atoms with Crippen molar-refractivity contribution < 1.29 is 4.79 Å². The summed E-state index contributed by atoms with van der Waals surface area (Å²) in [6.45, 7) is 6.12. The second-order valence-corrected chi connectivity index (χ2v) is 3.75. The highest BCUT2D eigenvalue weighted by atomic mass is 16.1. The number of hydrogen-bond donors (Lipinski definition) is 0. The molecule has 1 aromatic carbocycles. The third-order valence-corrected chi connectivity index (χ3v) is 2.28. The van der Waals surface area contributed by atoms with Crippen LogP contribution in [0, 0.1) is 19.8 Å². The zero-order valence-electron chi connectivity index (χ0n) is 8.50. The molecule has 0 amide bonds. The summed E-state index contributed by atoms with van der Waals surface area (Å²) >= 11 is 0. The molecule has 0 saturated heterocycles.